The molecular weight excluding hydrogens is 541 g/mol. The lowest BCUT2D eigenvalue weighted by molar-refractivity contribution is -0.141. The lowest BCUT2D eigenvalue weighted by Crippen LogP contribution is -2.38. The maximum atomic E-state index is 13.0. The van der Waals surface area contributed by atoms with Gasteiger partial charge in [0, 0.05) is 30.2 Å². The number of nitrogens with one attached hydrogen (secondary N) is 2. The van der Waals surface area contributed by atoms with Crippen LogP contribution in [-0.4, -0.2) is 30.9 Å². The zero-order chi connectivity index (χ0) is 28.3. The summed E-state index contributed by atoms with van der Waals surface area (Å²) in [4.78, 5) is 29.7. The van der Waals surface area contributed by atoms with Crippen LogP contribution in [0.25, 0.3) is 10.4 Å². The van der Waals surface area contributed by atoms with Crippen LogP contribution in [0, 0.1) is 12.8 Å². The Morgan fingerprint density at radius 2 is 1.90 bits per heavy atom. The van der Waals surface area contributed by atoms with E-state index in [1.165, 1.54) is 11.3 Å². The Morgan fingerprint density at radius 3 is 2.62 bits per heavy atom. The fraction of sp³-hybridized carbons (Fsp3) is 0.321. The second-order valence-electron chi connectivity index (χ2n) is 9.85. The van der Waals surface area contributed by atoms with Gasteiger partial charge in [0.15, 0.2) is 0 Å². The van der Waals surface area contributed by atoms with Crippen molar-refractivity contribution >= 4 is 28.9 Å². The molecule has 1 saturated carbocycles. The molecule has 1 amide bonds. The van der Waals surface area contributed by atoms with Crippen LogP contribution in [0.3, 0.4) is 0 Å². The number of nitrogens with zero attached hydrogens (tertiary/aromatic N) is 4. The molecule has 0 spiro atoms. The number of carbonyl (C=O) groups is 1. The minimum absolute atomic E-state index is 0.0444. The third-order valence-corrected chi connectivity index (χ3v) is 8.06. The average molecular weight is 569 g/mol. The van der Waals surface area contributed by atoms with Crippen LogP contribution in [-0.2, 0) is 23.1 Å². The Labute approximate surface area is 232 Å². The number of carbonyl (C=O) groups excluding carboxylic acids is 1. The minimum Gasteiger partial charge on any atom is -0.383 e. The van der Waals surface area contributed by atoms with E-state index in [1.807, 2.05) is 31.2 Å². The molecule has 0 saturated heterocycles. The van der Waals surface area contributed by atoms with Gasteiger partial charge >= 0.3 is 6.18 Å². The molecule has 3 N–H and O–H groups in total. The van der Waals surface area contributed by atoms with E-state index in [2.05, 4.69) is 30.6 Å². The Hall–Kier alpha value is -3.90. The maximum Gasteiger partial charge on any atom is 0.433 e. The predicted octanol–water partition coefficient (Wildman–Crippen LogP) is 5.76. The van der Waals surface area contributed by atoms with Crippen molar-refractivity contribution in [1.29, 1.82) is 0 Å². The second kappa shape index (κ2) is 11.3. The molecule has 1 fully saturated rings. The van der Waals surface area contributed by atoms with Crippen LogP contribution in [0.15, 0.2) is 61.1 Å². The summed E-state index contributed by atoms with van der Waals surface area (Å²) in [5.74, 6) is -0.393. The van der Waals surface area contributed by atoms with Gasteiger partial charge in [-0.25, -0.2) is 15.0 Å². The number of thiazole rings is 1. The molecule has 0 aliphatic heterocycles. The Morgan fingerprint density at radius 1 is 1.10 bits per heavy atom. The van der Waals surface area contributed by atoms with Gasteiger partial charge in [-0.15, -0.1) is 11.3 Å². The number of aliphatic hydroxyl groups is 1. The average Bonchev–Trinajstić information content (AvgIpc) is 3.44. The largest absolute Gasteiger partial charge is 0.433 e. The highest BCUT2D eigenvalue weighted by Gasteiger charge is 2.39. The number of aromatic nitrogens is 4. The Kier molecular flexibility index (Phi) is 7.81. The highest BCUT2D eigenvalue weighted by atomic mass is 32.1. The van der Waals surface area contributed by atoms with Crippen molar-refractivity contribution in [2.24, 2.45) is 5.92 Å². The predicted molar refractivity (Wildman–Crippen MR) is 145 cm³/mol. The molecule has 1 aromatic carbocycles. The lowest BCUT2D eigenvalue weighted by Gasteiger charge is -2.33. The number of rotatable bonds is 7. The van der Waals surface area contributed by atoms with Crippen LogP contribution in [0.4, 0.5) is 24.8 Å². The number of amides is 1. The first kappa shape index (κ1) is 27.7. The number of pyridine rings is 1. The summed E-state index contributed by atoms with van der Waals surface area (Å²) >= 11 is 1.36. The molecule has 0 bridgehead atoms. The van der Waals surface area contributed by atoms with E-state index in [0.717, 1.165) is 34.0 Å². The molecule has 1 aliphatic carbocycles. The normalized spacial score (nSPS) is 19.3. The van der Waals surface area contributed by atoms with Crippen molar-refractivity contribution in [3.8, 4) is 10.4 Å². The van der Waals surface area contributed by atoms with E-state index in [1.54, 1.807) is 24.5 Å². The summed E-state index contributed by atoms with van der Waals surface area (Å²) in [6, 6.07) is 11.9. The third-order valence-electron chi connectivity index (χ3n) is 6.82. The van der Waals surface area contributed by atoms with Crippen LogP contribution >= 0.6 is 11.3 Å². The van der Waals surface area contributed by atoms with Crippen LogP contribution in [0.2, 0.25) is 0 Å². The molecule has 0 atom stereocenters. The summed E-state index contributed by atoms with van der Waals surface area (Å²) in [5.41, 5.74) is 0.828. The molecule has 5 rings (SSSR count). The number of hydrogen-bond donors (Lipinski definition) is 3. The molecule has 3 aromatic heterocycles. The molecule has 12 heteroatoms. The van der Waals surface area contributed by atoms with E-state index in [0.29, 0.717) is 42.9 Å². The number of anilines is 2. The van der Waals surface area contributed by atoms with E-state index in [-0.39, 0.29) is 17.8 Å². The van der Waals surface area contributed by atoms with E-state index >= 15 is 0 Å². The maximum absolute atomic E-state index is 13.0. The zero-order valence-corrected chi connectivity index (χ0v) is 22.4. The van der Waals surface area contributed by atoms with Gasteiger partial charge in [-0.05, 0) is 74.1 Å². The van der Waals surface area contributed by atoms with Gasteiger partial charge in [-0.3, -0.25) is 9.78 Å². The molecule has 1 aliphatic rings. The number of benzene rings is 1. The van der Waals surface area contributed by atoms with Gasteiger partial charge in [0.1, 0.15) is 16.3 Å². The summed E-state index contributed by atoms with van der Waals surface area (Å²) in [5, 5.41) is 17.8. The van der Waals surface area contributed by atoms with Gasteiger partial charge < -0.3 is 15.7 Å². The molecule has 4 aromatic rings. The Bertz CT molecular complexity index is 1490. The van der Waals surface area contributed by atoms with Gasteiger partial charge in [-0.1, -0.05) is 12.1 Å². The smallest absolute Gasteiger partial charge is 0.383 e. The number of aryl methyl sites for hydroxylation is 1. The van der Waals surface area contributed by atoms with Crippen LogP contribution < -0.4 is 10.6 Å². The quantitative estimate of drug-likeness (QED) is 0.260. The molecule has 0 unspecified atom stereocenters. The first-order valence-corrected chi connectivity index (χ1v) is 13.6. The molecular formula is C28H27F3N6O2S. The number of alkyl halides is 3. The van der Waals surface area contributed by atoms with E-state index < -0.39 is 17.5 Å². The van der Waals surface area contributed by atoms with Gasteiger partial charge in [0.25, 0.3) is 0 Å². The highest BCUT2D eigenvalue weighted by molar-refractivity contribution is 7.15. The standard InChI is InChI=1S/C28H27F3N6O2S/c1-17-12-19(14-21(13-17)36-26-33-11-7-23(37-26)28(29,30)31)22-16-35-25(40-22)27(39)8-5-18(6-9-27)24(38)34-15-20-4-2-3-10-32-20/h2-4,7,10-14,16,18,39H,5-6,8-9,15H2,1H3,(H,34,38)(H,33,36,37). The van der Waals surface area contributed by atoms with Crippen molar-refractivity contribution in [1.82, 2.24) is 25.3 Å². The van der Waals surface area contributed by atoms with Crippen molar-refractivity contribution < 1.29 is 23.1 Å². The van der Waals surface area contributed by atoms with Gasteiger partial charge in [0.2, 0.25) is 11.9 Å². The summed E-state index contributed by atoms with van der Waals surface area (Å²) in [7, 11) is 0. The fourth-order valence-corrected chi connectivity index (χ4v) is 5.77. The lowest BCUT2D eigenvalue weighted by atomic mass is 9.78. The van der Waals surface area contributed by atoms with Crippen LogP contribution in [0.1, 0.15) is 47.6 Å². The number of hydrogen-bond acceptors (Lipinski definition) is 8. The molecule has 8 nitrogen and oxygen atoms in total. The second-order valence-corrected chi connectivity index (χ2v) is 10.9. The zero-order valence-electron chi connectivity index (χ0n) is 21.6. The molecule has 0 radical (unpaired) electrons. The van der Waals surface area contributed by atoms with Gasteiger partial charge in [-0.2, -0.15) is 13.2 Å². The first-order valence-electron chi connectivity index (χ1n) is 12.7. The summed E-state index contributed by atoms with van der Waals surface area (Å²) in [6.07, 6.45) is 1.75. The molecule has 208 valence electrons. The fourth-order valence-electron chi connectivity index (χ4n) is 4.72. The SMILES string of the molecule is Cc1cc(Nc2nccc(C(F)(F)F)n2)cc(-c2cnc(C3(O)CCC(C(=O)NCc4ccccn4)CC3)s2)c1. The monoisotopic (exact) mass is 568 g/mol. The third kappa shape index (κ3) is 6.45. The molecule has 40 heavy (non-hydrogen) atoms. The van der Waals surface area contributed by atoms with Crippen LogP contribution in [0.5, 0.6) is 0 Å². The van der Waals surface area contributed by atoms with Crippen molar-refractivity contribution in [3.05, 3.63) is 83.0 Å². The number of halogens is 3. The topological polar surface area (TPSA) is 113 Å². The van der Waals surface area contributed by atoms with Gasteiger partial charge in [0.05, 0.1) is 17.1 Å². The summed E-state index contributed by atoms with van der Waals surface area (Å²) < 4.78 is 39.1. The van der Waals surface area contributed by atoms with Crippen molar-refractivity contribution in [3.63, 3.8) is 0 Å². The minimum atomic E-state index is -4.57. The van der Waals surface area contributed by atoms with Crippen molar-refractivity contribution in [2.75, 3.05) is 5.32 Å². The molecule has 3 heterocycles. The van der Waals surface area contributed by atoms with E-state index in [4.69, 9.17) is 0 Å². The summed E-state index contributed by atoms with van der Waals surface area (Å²) in [6.45, 7) is 2.24. The van der Waals surface area contributed by atoms with E-state index in [9.17, 15) is 23.1 Å². The first-order chi connectivity index (χ1) is 19.1. The van der Waals surface area contributed by atoms with Crippen molar-refractivity contribution in [2.45, 2.75) is 50.9 Å². The Balaban J connectivity index is 1.24. The highest BCUT2D eigenvalue weighted by Crippen LogP contribution is 2.43.